The summed E-state index contributed by atoms with van der Waals surface area (Å²) in [4.78, 5) is 11.9. The first kappa shape index (κ1) is 10.5. The van der Waals surface area contributed by atoms with Gasteiger partial charge >= 0.3 is 0 Å². The van der Waals surface area contributed by atoms with Gasteiger partial charge in [0, 0.05) is 25.1 Å². The van der Waals surface area contributed by atoms with E-state index >= 15 is 0 Å². The van der Waals surface area contributed by atoms with E-state index in [1.807, 2.05) is 0 Å². The second-order valence-electron chi connectivity index (χ2n) is 4.40. The largest absolute Gasteiger partial charge is 0.372 e. The van der Waals surface area contributed by atoms with Crippen molar-refractivity contribution in [3.05, 3.63) is 11.4 Å². The summed E-state index contributed by atoms with van der Waals surface area (Å²) in [6.45, 7) is 2.00. The minimum atomic E-state index is 0.353. The Morgan fingerprint density at radius 3 is 2.20 bits per heavy atom. The van der Waals surface area contributed by atoms with Gasteiger partial charge in [0.05, 0.1) is 0 Å². The number of rotatable bonds is 0. The summed E-state index contributed by atoms with van der Waals surface area (Å²) < 4.78 is 0. The second-order valence-corrected chi connectivity index (χ2v) is 4.40. The van der Waals surface area contributed by atoms with Crippen LogP contribution in [0, 0.1) is 0 Å². The molecule has 0 radical (unpaired) electrons. The second kappa shape index (κ2) is 5.19. The van der Waals surface area contributed by atoms with E-state index in [0.29, 0.717) is 5.78 Å². The van der Waals surface area contributed by atoms with Crippen LogP contribution in [0.25, 0.3) is 0 Å². The topological polar surface area (TPSA) is 41.1 Å². The summed E-state index contributed by atoms with van der Waals surface area (Å²) in [5, 5.41) is 6.63. The van der Waals surface area contributed by atoms with Crippen LogP contribution in [-0.2, 0) is 4.79 Å². The SMILES string of the molecule is O=C1CCCCCCC1=C1NCCCN1. The van der Waals surface area contributed by atoms with E-state index in [2.05, 4.69) is 10.6 Å². The van der Waals surface area contributed by atoms with Gasteiger partial charge in [-0.3, -0.25) is 4.79 Å². The van der Waals surface area contributed by atoms with Gasteiger partial charge < -0.3 is 10.6 Å². The monoisotopic (exact) mass is 208 g/mol. The predicted molar refractivity (Wildman–Crippen MR) is 60.4 cm³/mol. The molecule has 3 nitrogen and oxygen atoms in total. The fourth-order valence-corrected chi connectivity index (χ4v) is 2.29. The Labute approximate surface area is 91.3 Å². The fraction of sp³-hybridized carbons (Fsp3) is 0.750. The molecule has 0 aromatic carbocycles. The highest BCUT2D eigenvalue weighted by molar-refractivity contribution is 5.95. The molecule has 1 aliphatic carbocycles. The van der Waals surface area contributed by atoms with Gasteiger partial charge in [0.25, 0.3) is 0 Å². The van der Waals surface area contributed by atoms with Crippen molar-refractivity contribution < 1.29 is 4.79 Å². The highest BCUT2D eigenvalue weighted by Crippen LogP contribution is 2.20. The number of hydrogen-bond acceptors (Lipinski definition) is 3. The van der Waals surface area contributed by atoms with Crippen LogP contribution in [0.1, 0.15) is 44.9 Å². The number of carbonyl (C=O) groups is 1. The van der Waals surface area contributed by atoms with Gasteiger partial charge in [-0.25, -0.2) is 0 Å². The fourth-order valence-electron chi connectivity index (χ4n) is 2.29. The molecule has 0 amide bonds. The molecule has 84 valence electrons. The van der Waals surface area contributed by atoms with E-state index in [9.17, 15) is 4.79 Å². The zero-order chi connectivity index (χ0) is 10.5. The van der Waals surface area contributed by atoms with Crippen LogP contribution in [0.3, 0.4) is 0 Å². The summed E-state index contributed by atoms with van der Waals surface area (Å²) in [5.41, 5.74) is 1.02. The van der Waals surface area contributed by atoms with E-state index < -0.39 is 0 Å². The zero-order valence-corrected chi connectivity index (χ0v) is 9.27. The average molecular weight is 208 g/mol. The molecule has 1 saturated heterocycles. The Morgan fingerprint density at radius 2 is 1.47 bits per heavy atom. The summed E-state index contributed by atoms with van der Waals surface area (Å²) in [7, 11) is 0. The third kappa shape index (κ3) is 2.74. The lowest BCUT2D eigenvalue weighted by molar-refractivity contribution is -0.116. The van der Waals surface area contributed by atoms with Gasteiger partial charge in [0.1, 0.15) is 5.82 Å². The van der Waals surface area contributed by atoms with Crippen LogP contribution in [-0.4, -0.2) is 18.9 Å². The molecule has 0 spiro atoms. The lowest BCUT2D eigenvalue weighted by Gasteiger charge is -2.23. The maximum absolute atomic E-state index is 11.9. The van der Waals surface area contributed by atoms with Crippen molar-refractivity contribution in [3.63, 3.8) is 0 Å². The molecule has 0 aromatic heterocycles. The van der Waals surface area contributed by atoms with Crippen molar-refractivity contribution in [2.24, 2.45) is 0 Å². The number of Topliss-reactive ketones (excluding diaryl/α,β-unsaturated/α-hetero) is 1. The quantitative estimate of drug-likeness (QED) is 0.595. The molecule has 15 heavy (non-hydrogen) atoms. The zero-order valence-electron chi connectivity index (χ0n) is 9.27. The summed E-state index contributed by atoms with van der Waals surface area (Å²) in [6, 6.07) is 0. The lowest BCUT2D eigenvalue weighted by Crippen LogP contribution is -2.37. The van der Waals surface area contributed by atoms with Crippen molar-refractivity contribution in [3.8, 4) is 0 Å². The minimum absolute atomic E-state index is 0.353. The minimum Gasteiger partial charge on any atom is -0.372 e. The third-order valence-corrected chi connectivity index (χ3v) is 3.18. The molecule has 2 rings (SSSR count). The van der Waals surface area contributed by atoms with E-state index in [1.54, 1.807) is 0 Å². The number of hydrogen-bond donors (Lipinski definition) is 2. The highest BCUT2D eigenvalue weighted by atomic mass is 16.1. The van der Waals surface area contributed by atoms with Gasteiger partial charge in [-0.2, -0.15) is 0 Å². The molecule has 2 N–H and O–H groups in total. The van der Waals surface area contributed by atoms with Crippen molar-refractivity contribution in [2.45, 2.75) is 44.9 Å². The molecule has 0 unspecified atom stereocenters. The molecule has 2 fully saturated rings. The smallest absolute Gasteiger partial charge is 0.162 e. The average Bonchev–Trinajstić information content (AvgIpc) is 2.25. The number of nitrogens with one attached hydrogen (secondary N) is 2. The molecule has 0 aromatic rings. The first-order valence-electron chi connectivity index (χ1n) is 6.12. The summed E-state index contributed by atoms with van der Waals surface area (Å²) in [6.07, 6.45) is 7.55. The lowest BCUT2D eigenvalue weighted by atomic mass is 9.94. The molecule has 2 aliphatic rings. The Balaban J connectivity index is 2.10. The molecule has 1 heterocycles. The van der Waals surface area contributed by atoms with E-state index in [1.165, 1.54) is 12.8 Å². The van der Waals surface area contributed by atoms with Crippen LogP contribution in [0.5, 0.6) is 0 Å². The molecular weight excluding hydrogens is 188 g/mol. The Kier molecular flexibility index (Phi) is 3.64. The molecule has 0 atom stereocenters. The molecule has 1 saturated carbocycles. The number of ketones is 1. The summed E-state index contributed by atoms with van der Waals surface area (Å²) >= 11 is 0. The maximum atomic E-state index is 11.9. The standard InChI is InChI=1S/C12H20N2O/c15-11-7-4-2-1-3-6-10(11)12-13-8-5-9-14-12/h13-14H,1-9H2. The van der Waals surface area contributed by atoms with E-state index in [0.717, 1.165) is 56.6 Å². The highest BCUT2D eigenvalue weighted by Gasteiger charge is 2.18. The Morgan fingerprint density at radius 1 is 0.800 bits per heavy atom. The molecule has 1 aliphatic heterocycles. The van der Waals surface area contributed by atoms with Gasteiger partial charge in [0.15, 0.2) is 5.78 Å². The van der Waals surface area contributed by atoms with E-state index in [4.69, 9.17) is 0 Å². The number of carbonyl (C=O) groups excluding carboxylic acids is 1. The Hall–Kier alpha value is -0.990. The van der Waals surface area contributed by atoms with Gasteiger partial charge in [-0.05, 0) is 25.7 Å². The number of allylic oxidation sites excluding steroid dienone is 1. The predicted octanol–water partition coefficient (Wildman–Crippen LogP) is 1.70. The van der Waals surface area contributed by atoms with Crippen LogP contribution in [0.15, 0.2) is 11.4 Å². The van der Waals surface area contributed by atoms with Crippen LogP contribution >= 0.6 is 0 Å². The van der Waals surface area contributed by atoms with Crippen LogP contribution < -0.4 is 10.6 Å². The van der Waals surface area contributed by atoms with Crippen molar-refractivity contribution in [2.75, 3.05) is 13.1 Å². The van der Waals surface area contributed by atoms with Gasteiger partial charge in [0.2, 0.25) is 0 Å². The normalized spacial score (nSPS) is 23.9. The Bertz CT molecular complexity index is 263. The molecular formula is C12H20N2O. The molecule has 0 bridgehead atoms. The van der Waals surface area contributed by atoms with E-state index in [-0.39, 0.29) is 0 Å². The van der Waals surface area contributed by atoms with Gasteiger partial charge in [-0.15, -0.1) is 0 Å². The molecule has 3 heteroatoms. The van der Waals surface area contributed by atoms with Crippen molar-refractivity contribution >= 4 is 5.78 Å². The van der Waals surface area contributed by atoms with Crippen molar-refractivity contribution in [1.29, 1.82) is 0 Å². The van der Waals surface area contributed by atoms with Crippen LogP contribution in [0.4, 0.5) is 0 Å². The van der Waals surface area contributed by atoms with Crippen LogP contribution in [0.2, 0.25) is 0 Å². The summed E-state index contributed by atoms with van der Waals surface area (Å²) in [5.74, 6) is 1.37. The maximum Gasteiger partial charge on any atom is 0.162 e. The first-order chi connectivity index (χ1) is 7.38. The first-order valence-corrected chi connectivity index (χ1v) is 6.12. The van der Waals surface area contributed by atoms with Gasteiger partial charge in [-0.1, -0.05) is 12.8 Å². The third-order valence-electron chi connectivity index (χ3n) is 3.18. The van der Waals surface area contributed by atoms with Crippen molar-refractivity contribution in [1.82, 2.24) is 10.6 Å².